The van der Waals surface area contributed by atoms with Crippen LogP contribution in [0.3, 0.4) is 0 Å². The highest BCUT2D eigenvalue weighted by Gasteiger charge is 2.46. The van der Waals surface area contributed by atoms with Gasteiger partial charge in [0, 0.05) is 10.6 Å². The fourth-order valence-electron chi connectivity index (χ4n) is 1.15. The minimum absolute atomic E-state index is 0.0301. The zero-order valence-electron chi connectivity index (χ0n) is 9.08. The summed E-state index contributed by atoms with van der Waals surface area (Å²) in [7, 11) is -3.76. The molecule has 1 rings (SSSR count). The Labute approximate surface area is 134 Å². The van der Waals surface area contributed by atoms with Crippen molar-refractivity contribution in [3.63, 3.8) is 0 Å². The lowest BCUT2D eigenvalue weighted by Crippen LogP contribution is -2.36. The summed E-state index contributed by atoms with van der Waals surface area (Å²) in [6, 6.07) is 4.16. The molecule has 0 spiro atoms. The van der Waals surface area contributed by atoms with Gasteiger partial charge < -0.3 is 0 Å². The SMILES string of the molecule is CCS(=O)(=O)[C@](Cl)(I)C(=O)c1ccc(Cl)cc1Cl. The van der Waals surface area contributed by atoms with Gasteiger partial charge in [0.15, 0.2) is 9.84 Å². The van der Waals surface area contributed by atoms with Crippen molar-refractivity contribution in [2.75, 3.05) is 5.75 Å². The van der Waals surface area contributed by atoms with Crippen molar-refractivity contribution in [3.8, 4) is 0 Å². The lowest BCUT2D eigenvalue weighted by Gasteiger charge is -2.18. The van der Waals surface area contributed by atoms with Gasteiger partial charge in [-0.2, -0.15) is 0 Å². The van der Waals surface area contributed by atoms with E-state index >= 15 is 0 Å². The molecule has 1 aromatic carbocycles. The topological polar surface area (TPSA) is 51.2 Å². The predicted octanol–water partition coefficient (Wildman–Crippen LogP) is 3.94. The van der Waals surface area contributed by atoms with E-state index in [0.717, 1.165) is 0 Å². The van der Waals surface area contributed by atoms with Gasteiger partial charge in [-0.3, -0.25) is 4.79 Å². The number of carbonyl (C=O) groups excluding carboxylic acids is 1. The molecule has 18 heavy (non-hydrogen) atoms. The van der Waals surface area contributed by atoms with Crippen molar-refractivity contribution in [2.24, 2.45) is 0 Å². The van der Waals surface area contributed by atoms with E-state index in [1.54, 1.807) is 0 Å². The Morgan fingerprint density at radius 2 is 1.94 bits per heavy atom. The van der Waals surface area contributed by atoms with Gasteiger partial charge in [-0.1, -0.05) is 41.7 Å². The minimum Gasteiger partial charge on any atom is -0.290 e. The third-order valence-corrected chi connectivity index (χ3v) is 7.87. The Morgan fingerprint density at radius 1 is 1.39 bits per heavy atom. The molecular formula is C10H8Cl3IO3S. The average molecular weight is 442 g/mol. The van der Waals surface area contributed by atoms with E-state index < -0.39 is 17.8 Å². The smallest absolute Gasteiger partial charge is 0.257 e. The molecule has 0 aliphatic rings. The Balaban J connectivity index is 3.31. The molecule has 1 atom stereocenters. The molecule has 1 aromatic rings. The summed E-state index contributed by atoms with van der Waals surface area (Å²) in [5.41, 5.74) is 0.0301. The lowest BCUT2D eigenvalue weighted by atomic mass is 10.1. The second-order valence-electron chi connectivity index (χ2n) is 3.37. The number of sulfone groups is 1. The third kappa shape index (κ3) is 3.12. The first kappa shape index (κ1) is 16.5. The van der Waals surface area contributed by atoms with E-state index in [2.05, 4.69) is 0 Å². The summed E-state index contributed by atoms with van der Waals surface area (Å²) in [5, 5.41) is 0.420. The van der Waals surface area contributed by atoms with Gasteiger partial charge in [0.2, 0.25) is 5.78 Å². The standard InChI is InChI=1S/C10H8Cl3IO3S/c1-2-18(16,17)10(13,14)9(15)7-4-3-6(11)5-8(7)12/h3-5H,2H2,1H3/t10-/m1/s1. The molecule has 0 aliphatic heterocycles. The number of ketones is 1. The van der Waals surface area contributed by atoms with Crippen LogP contribution in [0.15, 0.2) is 18.2 Å². The monoisotopic (exact) mass is 440 g/mol. The molecule has 100 valence electrons. The van der Waals surface area contributed by atoms with Crippen molar-refractivity contribution < 1.29 is 13.2 Å². The molecular weight excluding hydrogens is 433 g/mol. The van der Waals surface area contributed by atoms with Gasteiger partial charge in [-0.25, -0.2) is 8.42 Å². The van der Waals surface area contributed by atoms with Crippen LogP contribution < -0.4 is 0 Å². The number of hydrogen-bond acceptors (Lipinski definition) is 3. The maximum absolute atomic E-state index is 12.2. The Bertz CT molecular complexity index is 584. The van der Waals surface area contributed by atoms with Crippen molar-refractivity contribution in [1.29, 1.82) is 0 Å². The second-order valence-corrected chi connectivity index (χ2v) is 10.4. The maximum atomic E-state index is 12.2. The van der Waals surface area contributed by atoms with Crippen LogP contribution in [-0.2, 0) is 9.84 Å². The van der Waals surface area contributed by atoms with Gasteiger partial charge in [-0.15, -0.1) is 0 Å². The van der Waals surface area contributed by atoms with E-state index in [1.807, 2.05) is 0 Å². The molecule has 0 aromatic heterocycles. The molecule has 0 saturated heterocycles. The minimum atomic E-state index is -3.76. The van der Waals surface area contributed by atoms with E-state index in [1.165, 1.54) is 47.7 Å². The first-order valence-electron chi connectivity index (χ1n) is 4.73. The zero-order valence-corrected chi connectivity index (χ0v) is 14.3. The summed E-state index contributed by atoms with van der Waals surface area (Å²) in [4.78, 5) is 12.2. The summed E-state index contributed by atoms with van der Waals surface area (Å²) in [5.74, 6) is -1.01. The normalized spacial score (nSPS) is 15.2. The lowest BCUT2D eigenvalue weighted by molar-refractivity contribution is 0.100. The number of carbonyl (C=O) groups is 1. The fourth-order valence-corrected chi connectivity index (χ4v) is 4.06. The van der Waals surface area contributed by atoms with Crippen LogP contribution in [0.2, 0.25) is 10.0 Å². The summed E-state index contributed by atoms with van der Waals surface area (Å²) >= 11 is 18.9. The fraction of sp³-hybridized carbons (Fsp3) is 0.300. The number of benzene rings is 1. The molecule has 0 saturated carbocycles. The van der Waals surface area contributed by atoms with Gasteiger partial charge >= 0.3 is 0 Å². The highest BCUT2D eigenvalue weighted by Crippen LogP contribution is 2.37. The van der Waals surface area contributed by atoms with Crippen LogP contribution in [0, 0.1) is 0 Å². The van der Waals surface area contributed by atoms with Crippen LogP contribution in [0.5, 0.6) is 0 Å². The molecule has 0 N–H and O–H groups in total. The van der Waals surface area contributed by atoms with Crippen molar-refractivity contribution in [2.45, 2.75) is 9.14 Å². The molecule has 3 nitrogen and oxygen atoms in total. The van der Waals surface area contributed by atoms with Crippen molar-refractivity contribution in [1.82, 2.24) is 0 Å². The summed E-state index contributed by atoms with van der Waals surface area (Å²) in [6.07, 6.45) is 0. The number of halogens is 4. The average Bonchev–Trinajstić information content (AvgIpc) is 2.28. The van der Waals surface area contributed by atoms with Crippen LogP contribution in [0.25, 0.3) is 0 Å². The van der Waals surface area contributed by atoms with Gasteiger partial charge in [0.1, 0.15) is 0 Å². The Hall–Kier alpha value is 0.440. The molecule has 0 amide bonds. The predicted molar refractivity (Wildman–Crippen MR) is 82.9 cm³/mol. The van der Waals surface area contributed by atoms with Crippen LogP contribution in [-0.4, -0.2) is 22.2 Å². The maximum Gasteiger partial charge on any atom is 0.257 e. The zero-order chi connectivity index (χ0) is 14.1. The molecule has 0 fully saturated rings. The highest BCUT2D eigenvalue weighted by molar-refractivity contribution is 14.1. The van der Waals surface area contributed by atoms with E-state index in [-0.39, 0.29) is 16.3 Å². The third-order valence-electron chi connectivity index (χ3n) is 2.21. The van der Waals surface area contributed by atoms with Crippen LogP contribution in [0.4, 0.5) is 0 Å². The quantitative estimate of drug-likeness (QED) is 0.404. The van der Waals surface area contributed by atoms with Crippen LogP contribution >= 0.6 is 57.4 Å². The first-order valence-corrected chi connectivity index (χ1v) is 8.60. The molecule has 0 unspecified atom stereocenters. The van der Waals surface area contributed by atoms with Gasteiger partial charge in [0.25, 0.3) is 2.21 Å². The second kappa shape index (κ2) is 5.83. The highest BCUT2D eigenvalue weighted by atomic mass is 127. The summed E-state index contributed by atoms with van der Waals surface area (Å²) in [6.45, 7) is 1.42. The van der Waals surface area contributed by atoms with Crippen molar-refractivity contribution in [3.05, 3.63) is 33.8 Å². The number of Topliss-reactive ketones (excluding diaryl/α,β-unsaturated/α-hetero) is 1. The molecule has 0 radical (unpaired) electrons. The van der Waals surface area contributed by atoms with E-state index in [0.29, 0.717) is 5.02 Å². The number of rotatable bonds is 4. The first-order chi connectivity index (χ1) is 8.13. The van der Waals surface area contributed by atoms with E-state index in [4.69, 9.17) is 34.8 Å². The van der Waals surface area contributed by atoms with E-state index in [9.17, 15) is 13.2 Å². The Morgan fingerprint density at radius 3 is 2.39 bits per heavy atom. The number of alkyl halides is 2. The number of hydrogen-bond donors (Lipinski definition) is 0. The molecule has 0 bridgehead atoms. The van der Waals surface area contributed by atoms with Gasteiger partial charge in [0.05, 0.1) is 10.8 Å². The largest absolute Gasteiger partial charge is 0.290 e. The van der Waals surface area contributed by atoms with Gasteiger partial charge in [-0.05, 0) is 40.8 Å². The van der Waals surface area contributed by atoms with Crippen molar-refractivity contribution >= 4 is 73.0 Å². The Kier molecular flexibility index (Phi) is 5.34. The van der Waals surface area contributed by atoms with Crippen LogP contribution in [0.1, 0.15) is 17.3 Å². The molecule has 0 heterocycles. The molecule has 0 aliphatic carbocycles. The summed E-state index contributed by atoms with van der Waals surface area (Å²) < 4.78 is 21.5. The molecule has 8 heteroatoms.